The van der Waals surface area contributed by atoms with E-state index in [9.17, 15) is 14.9 Å². The summed E-state index contributed by atoms with van der Waals surface area (Å²) in [5.41, 5.74) is 2.73. The van der Waals surface area contributed by atoms with Crippen molar-refractivity contribution in [3.63, 3.8) is 0 Å². The molecule has 1 aliphatic heterocycles. The van der Waals surface area contributed by atoms with Gasteiger partial charge in [-0.25, -0.2) is 9.38 Å². The predicted molar refractivity (Wildman–Crippen MR) is 127 cm³/mol. The molecule has 10 heteroatoms. The summed E-state index contributed by atoms with van der Waals surface area (Å²) in [6.45, 7) is 5.35. The van der Waals surface area contributed by atoms with Crippen LogP contribution in [0.5, 0.6) is 0 Å². The molecule has 0 bridgehead atoms. The van der Waals surface area contributed by atoms with E-state index in [0.29, 0.717) is 55.5 Å². The van der Waals surface area contributed by atoms with Gasteiger partial charge < -0.3 is 9.64 Å². The number of ether oxygens (including phenoxy) is 1. The van der Waals surface area contributed by atoms with Gasteiger partial charge in [0.2, 0.25) is 5.95 Å². The van der Waals surface area contributed by atoms with Gasteiger partial charge in [-0.05, 0) is 44.9 Å². The molecule has 5 rings (SSSR count). The van der Waals surface area contributed by atoms with Crippen LogP contribution in [-0.2, 0) is 9.53 Å². The van der Waals surface area contributed by atoms with E-state index < -0.39 is 4.92 Å². The molecule has 0 radical (unpaired) electrons. The molecule has 1 saturated heterocycles. The number of fused-ring (bicyclic) bond motifs is 3. The molecule has 2 aromatic carbocycles. The van der Waals surface area contributed by atoms with Crippen LogP contribution >= 0.6 is 0 Å². The molecule has 0 saturated carbocycles. The van der Waals surface area contributed by atoms with Crippen molar-refractivity contribution in [2.45, 2.75) is 26.7 Å². The van der Waals surface area contributed by atoms with E-state index in [2.05, 4.69) is 15.1 Å². The van der Waals surface area contributed by atoms with Gasteiger partial charge in [0.05, 0.1) is 28.5 Å². The van der Waals surface area contributed by atoms with Gasteiger partial charge in [0.15, 0.2) is 11.5 Å². The van der Waals surface area contributed by atoms with Gasteiger partial charge >= 0.3 is 5.97 Å². The minimum absolute atomic E-state index is 0.0480. The summed E-state index contributed by atoms with van der Waals surface area (Å²) in [4.78, 5) is 30.5. The van der Waals surface area contributed by atoms with Gasteiger partial charge in [-0.3, -0.25) is 14.9 Å². The predicted octanol–water partition coefficient (Wildman–Crippen LogP) is 3.94. The van der Waals surface area contributed by atoms with Gasteiger partial charge in [-0.1, -0.05) is 23.8 Å². The molecule has 2 aromatic heterocycles. The number of carbonyl (C=O) groups excluding carboxylic acids is 1. The zero-order valence-corrected chi connectivity index (χ0v) is 19.0. The number of para-hydroxylation sites is 1. The van der Waals surface area contributed by atoms with E-state index in [1.54, 1.807) is 29.5 Å². The van der Waals surface area contributed by atoms with Crippen LogP contribution in [0.3, 0.4) is 0 Å². The van der Waals surface area contributed by atoms with Gasteiger partial charge in [0.1, 0.15) is 0 Å². The minimum Gasteiger partial charge on any atom is -0.466 e. The highest BCUT2D eigenvalue weighted by Gasteiger charge is 2.30. The Morgan fingerprint density at radius 1 is 1.18 bits per heavy atom. The third kappa shape index (κ3) is 3.70. The van der Waals surface area contributed by atoms with E-state index >= 15 is 0 Å². The molecule has 1 aliphatic rings. The first-order valence-corrected chi connectivity index (χ1v) is 11.3. The monoisotopic (exact) mass is 460 g/mol. The summed E-state index contributed by atoms with van der Waals surface area (Å²) in [7, 11) is 0. The summed E-state index contributed by atoms with van der Waals surface area (Å²) in [6, 6.07) is 12.4. The molecule has 3 heterocycles. The van der Waals surface area contributed by atoms with E-state index in [4.69, 9.17) is 9.72 Å². The van der Waals surface area contributed by atoms with Gasteiger partial charge in [-0.15, -0.1) is 10.2 Å². The Balaban J connectivity index is 1.67. The summed E-state index contributed by atoms with van der Waals surface area (Å²) < 4.78 is 7.00. The van der Waals surface area contributed by atoms with Crippen LogP contribution in [0, 0.1) is 23.0 Å². The highest BCUT2D eigenvalue weighted by atomic mass is 16.6. The number of benzene rings is 2. The van der Waals surface area contributed by atoms with Gasteiger partial charge in [0, 0.05) is 24.5 Å². The number of aryl methyl sites for hydroxylation is 1. The average Bonchev–Trinajstić information content (AvgIpc) is 3.29. The quantitative estimate of drug-likeness (QED) is 0.250. The summed E-state index contributed by atoms with van der Waals surface area (Å²) in [5.74, 6) is 0.650. The maximum absolute atomic E-state index is 12.2. The molecule has 0 spiro atoms. The molecule has 0 aliphatic carbocycles. The lowest BCUT2D eigenvalue weighted by Crippen LogP contribution is -2.38. The van der Waals surface area contributed by atoms with E-state index in [1.807, 2.05) is 25.1 Å². The molecule has 0 N–H and O–H groups in total. The van der Waals surface area contributed by atoms with Crippen molar-refractivity contribution in [1.82, 2.24) is 19.6 Å². The fourth-order valence-electron chi connectivity index (χ4n) is 4.52. The van der Waals surface area contributed by atoms with Crippen molar-refractivity contribution in [1.29, 1.82) is 0 Å². The first-order chi connectivity index (χ1) is 16.5. The second-order valence-electron chi connectivity index (χ2n) is 8.40. The average molecular weight is 460 g/mol. The zero-order valence-electron chi connectivity index (χ0n) is 19.0. The van der Waals surface area contributed by atoms with Crippen molar-refractivity contribution in [3.05, 3.63) is 58.1 Å². The number of esters is 1. The number of nitro benzene ring substituents is 1. The standard InChI is InChI=1S/C24H24N6O4/c1-3-34-23(31)16-10-12-28(13-11-16)24-25-19-9-8-15(2)14-18(19)22-27-26-21(29(22)24)17-6-4-5-7-20(17)30(32)33/h4-9,14,16H,3,10-13H2,1-2H3. The van der Waals surface area contributed by atoms with Crippen LogP contribution in [0.25, 0.3) is 27.9 Å². The molecule has 0 unspecified atom stereocenters. The first-order valence-electron chi connectivity index (χ1n) is 11.3. The number of aromatic nitrogens is 4. The van der Waals surface area contributed by atoms with E-state index in [1.165, 1.54) is 6.07 Å². The van der Waals surface area contributed by atoms with Crippen LogP contribution in [0.15, 0.2) is 42.5 Å². The molecule has 34 heavy (non-hydrogen) atoms. The van der Waals surface area contributed by atoms with E-state index in [0.717, 1.165) is 16.5 Å². The van der Waals surface area contributed by atoms with Crippen LogP contribution in [-0.4, -0.2) is 50.2 Å². The summed E-state index contributed by atoms with van der Waals surface area (Å²) in [5, 5.41) is 21.4. The lowest BCUT2D eigenvalue weighted by atomic mass is 9.97. The Bertz CT molecular complexity index is 1410. The maximum atomic E-state index is 12.2. The second-order valence-corrected chi connectivity index (χ2v) is 8.40. The minimum atomic E-state index is -0.417. The van der Waals surface area contributed by atoms with Crippen molar-refractivity contribution in [2.24, 2.45) is 5.92 Å². The molecular weight excluding hydrogens is 436 g/mol. The fourth-order valence-corrected chi connectivity index (χ4v) is 4.52. The molecule has 0 atom stereocenters. The normalized spacial score (nSPS) is 14.6. The smallest absolute Gasteiger partial charge is 0.309 e. The van der Waals surface area contributed by atoms with Crippen molar-refractivity contribution >= 4 is 34.2 Å². The molecule has 4 aromatic rings. The number of nitrogens with zero attached hydrogens (tertiary/aromatic N) is 6. The van der Waals surface area contributed by atoms with Crippen LogP contribution in [0.4, 0.5) is 11.6 Å². The highest BCUT2D eigenvalue weighted by molar-refractivity contribution is 5.94. The summed E-state index contributed by atoms with van der Waals surface area (Å²) in [6.07, 6.45) is 1.27. The van der Waals surface area contributed by atoms with E-state index in [-0.39, 0.29) is 17.6 Å². The Kier molecular flexibility index (Phi) is 5.56. The Labute approximate surface area is 195 Å². The van der Waals surface area contributed by atoms with Crippen molar-refractivity contribution < 1.29 is 14.5 Å². The maximum Gasteiger partial charge on any atom is 0.309 e. The Morgan fingerprint density at radius 2 is 1.94 bits per heavy atom. The molecule has 0 amide bonds. The number of hydrogen-bond acceptors (Lipinski definition) is 8. The van der Waals surface area contributed by atoms with Gasteiger partial charge in [0.25, 0.3) is 5.69 Å². The zero-order chi connectivity index (χ0) is 23.8. The number of nitro groups is 1. The van der Waals surface area contributed by atoms with Gasteiger partial charge in [-0.2, -0.15) is 0 Å². The van der Waals surface area contributed by atoms with Crippen LogP contribution in [0.1, 0.15) is 25.3 Å². The first kappa shape index (κ1) is 21.7. The van der Waals surface area contributed by atoms with Crippen LogP contribution < -0.4 is 4.90 Å². The Morgan fingerprint density at radius 3 is 2.68 bits per heavy atom. The van der Waals surface area contributed by atoms with Crippen molar-refractivity contribution in [2.75, 3.05) is 24.6 Å². The van der Waals surface area contributed by atoms with Crippen molar-refractivity contribution in [3.8, 4) is 11.4 Å². The number of anilines is 1. The summed E-state index contributed by atoms with van der Waals surface area (Å²) >= 11 is 0. The van der Waals surface area contributed by atoms with Crippen LogP contribution in [0.2, 0.25) is 0 Å². The molecule has 174 valence electrons. The molecule has 1 fully saturated rings. The number of rotatable bonds is 5. The molecule has 10 nitrogen and oxygen atoms in total. The number of carbonyl (C=O) groups is 1. The second kappa shape index (κ2) is 8.69. The number of hydrogen-bond donors (Lipinski definition) is 0. The number of piperidine rings is 1. The SMILES string of the molecule is CCOC(=O)C1CCN(c2nc3ccc(C)cc3c3nnc(-c4ccccc4[N+](=O)[O-])n23)CC1. The topological polar surface area (TPSA) is 116 Å². The fraction of sp³-hybridized carbons (Fsp3) is 0.333. The molecular formula is C24H24N6O4. The largest absolute Gasteiger partial charge is 0.466 e. The highest BCUT2D eigenvalue weighted by Crippen LogP contribution is 2.34. The third-order valence-corrected chi connectivity index (χ3v) is 6.22. The lowest BCUT2D eigenvalue weighted by molar-refractivity contribution is -0.384. The Hall–Kier alpha value is -4.08. The third-order valence-electron chi connectivity index (χ3n) is 6.22. The lowest BCUT2D eigenvalue weighted by Gasteiger charge is -2.32.